The fraction of sp³-hybridized carbons (Fsp3) is 0.500. The quantitative estimate of drug-likeness (QED) is 0.682. The summed E-state index contributed by atoms with van der Waals surface area (Å²) in [4.78, 5) is 12.2. The Bertz CT molecular complexity index is 585. The normalized spacial score (nSPS) is 13.2. The number of primary sulfonamides is 1. The van der Waals surface area contributed by atoms with Crippen molar-refractivity contribution in [3.05, 3.63) is 35.4 Å². The minimum Gasteiger partial charge on any atom is -0.348 e. The zero-order valence-corrected chi connectivity index (χ0v) is 13.2. The maximum atomic E-state index is 12.2. The molecule has 21 heavy (non-hydrogen) atoms. The number of hydrogen-bond donors (Lipinski definition) is 3. The van der Waals surface area contributed by atoms with E-state index in [1.165, 1.54) is 6.07 Å². The second-order valence-corrected chi connectivity index (χ2v) is 7.16. The lowest BCUT2D eigenvalue weighted by Gasteiger charge is -2.19. The number of nitrogens with one attached hydrogen (secondary N) is 1. The Hall–Kier alpha value is -1.44. The maximum Gasteiger partial charge on any atom is 0.251 e. The summed E-state index contributed by atoms with van der Waals surface area (Å²) in [6.45, 7) is 4.48. The van der Waals surface area contributed by atoms with Gasteiger partial charge in [-0.3, -0.25) is 4.79 Å². The number of nitrogens with two attached hydrogens (primary N) is 2. The fourth-order valence-electron chi connectivity index (χ4n) is 2.09. The molecule has 7 heteroatoms. The fourth-order valence-corrected chi connectivity index (χ4v) is 2.73. The van der Waals surface area contributed by atoms with Crippen LogP contribution in [0.1, 0.15) is 36.2 Å². The van der Waals surface area contributed by atoms with E-state index >= 15 is 0 Å². The lowest BCUT2D eigenvalue weighted by Crippen LogP contribution is -2.41. The predicted octanol–water partition coefficient (Wildman–Crippen LogP) is 0.578. The van der Waals surface area contributed by atoms with Gasteiger partial charge in [0.2, 0.25) is 10.0 Å². The summed E-state index contributed by atoms with van der Waals surface area (Å²) in [7, 11) is -3.61. The molecule has 0 aliphatic heterocycles. The van der Waals surface area contributed by atoms with Crippen molar-refractivity contribution in [1.82, 2.24) is 5.32 Å². The van der Waals surface area contributed by atoms with Crippen LogP contribution in [0, 0.1) is 5.92 Å². The molecule has 0 bridgehead atoms. The molecule has 1 rings (SSSR count). The second kappa shape index (κ2) is 7.53. The summed E-state index contributed by atoms with van der Waals surface area (Å²) >= 11 is 0. The third kappa shape index (κ3) is 6.70. The van der Waals surface area contributed by atoms with Gasteiger partial charge < -0.3 is 11.1 Å². The van der Waals surface area contributed by atoms with E-state index in [2.05, 4.69) is 19.2 Å². The van der Waals surface area contributed by atoms with Crippen molar-refractivity contribution >= 4 is 15.9 Å². The van der Waals surface area contributed by atoms with Gasteiger partial charge in [-0.2, -0.15) is 0 Å². The second-order valence-electron chi connectivity index (χ2n) is 5.54. The highest BCUT2D eigenvalue weighted by molar-refractivity contribution is 7.88. The van der Waals surface area contributed by atoms with Crippen LogP contribution < -0.4 is 16.2 Å². The predicted molar refractivity (Wildman–Crippen MR) is 83.0 cm³/mol. The molecule has 0 radical (unpaired) electrons. The van der Waals surface area contributed by atoms with Crippen molar-refractivity contribution in [2.24, 2.45) is 16.8 Å². The minimum atomic E-state index is -3.61. The Morgan fingerprint density at radius 2 is 2.00 bits per heavy atom. The van der Waals surface area contributed by atoms with Crippen LogP contribution in [-0.4, -0.2) is 26.9 Å². The monoisotopic (exact) mass is 313 g/mol. The van der Waals surface area contributed by atoms with Gasteiger partial charge in [-0.25, -0.2) is 13.6 Å². The van der Waals surface area contributed by atoms with E-state index in [0.717, 1.165) is 6.42 Å². The maximum absolute atomic E-state index is 12.2. The lowest BCUT2D eigenvalue weighted by atomic mass is 10.0. The van der Waals surface area contributed by atoms with Gasteiger partial charge in [0.25, 0.3) is 5.91 Å². The molecule has 0 saturated heterocycles. The Morgan fingerprint density at radius 1 is 1.33 bits per heavy atom. The molecule has 0 fully saturated rings. The molecule has 0 aromatic heterocycles. The number of benzene rings is 1. The summed E-state index contributed by atoms with van der Waals surface area (Å²) in [6, 6.07) is 6.32. The molecule has 0 heterocycles. The van der Waals surface area contributed by atoms with Crippen molar-refractivity contribution in [2.45, 2.75) is 32.1 Å². The van der Waals surface area contributed by atoms with Crippen LogP contribution in [0.4, 0.5) is 0 Å². The molecule has 1 aromatic rings. The van der Waals surface area contributed by atoms with Gasteiger partial charge >= 0.3 is 0 Å². The van der Waals surface area contributed by atoms with Gasteiger partial charge in [0, 0.05) is 18.2 Å². The van der Waals surface area contributed by atoms with E-state index in [-0.39, 0.29) is 17.7 Å². The molecule has 0 spiro atoms. The van der Waals surface area contributed by atoms with Crippen LogP contribution in [0.25, 0.3) is 0 Å². The highest BCUT2D eigenvalue weighted by atomic mass is 32.2. The average molecular weight is 313 g/mol. The molecule has 1 atom stereocenters. The first-order chi connectivity index (χ1) is 9.71. The number of hydrogen-bond acceptors (Lipinski definition) is 4. The van der Waals surface area contributed by atoms with Gasteiger partial charge in [-0.05, 0) is 30.0 Å². The van der Waals surface area contributed by atoms with Crippen LogP contribution in [0.15, 0.2) is 24.3 Å². The van der Waals surface area contributed by atoms with Crippen molar-refractivity contribution in [2.75, 3.05) is 6.54 Å². The minimum absolute atomic E-state index is 0.0978. The van der Waals surface area contributed by atoms with Crippen LogP contribution in [-0.2, 0) is 15.8 Å². The van der Waals surface area contributed by atoms with Gasteiger partial charge in [0.05, 0.1) is 5.75 Å². The topological polar surface area (TPSA) is 115 Å². The molecule has 1 amide bonds. The van der Waals surface area contributed by atoms with Crippen LogP contribution in [0.3, 0.4) is 0 Å². The average Bonchev–Trinajstić information content (AvgIpc) is 2.35. The SMILES string of the molecule is CC(C)CC(CN)NC(=O)c1cccc(CS(N)(=O)=O)c1. The Balaban J connectivity index is 2.80. The van der Waals surface area contributed by atoms with E-state index in [1.807, 2.05) is 0 Å². The van der Waals surface area contributed by atoms with E-state index in [9.17, 15) is 13.2 Å². The third-order valence-corrected chi connectivity index (χ3v) is 3.67. The summed E-state index contributed by atoms with van der Waals surface area (Å²) < 4.78 is 22.2. The molecule has 118 valence electrons. The van der Waals surface area contributed by atoms with E-state index < -0.39 is 10.0 Å². The standard InChI is InChI=1S/C14H23N3O3S/c1-10(2)6-13(8-15)17-14(18)12-5-3-4-11(7-12)9-21(16,19)20/h3-5,7,10,13H,6,8-9,15H2,1-2H3,(H,17,18)(H2,16,19,20). The summed E-state index contributed by atoms with van der Waals surface area (Å²) in [6.07, 6.45) is 0.791. The van der Waals surface area contributed by atoms with E-state index in [0.29, 0.717) is 23.6 Å². The Kier molecular flexibility index (Phi) is 6.32. The first-order valence-electron chi connectivity index (χ1n) is 6.81. The zero-order chi connectivity index (χ0) is 16.0. The van der Waals surface area contributed by atoms with Crippen molar-refractivity contribution in [3.63, 3.8) is 0 Å². The first kappa shape index (κ1) is 17.6. The molecular weight excluding hydrogens is 290 g/mol. The summed E-state index contributed by atoms with van der Waals surface area (Å²) in [5.41, 5.74) is 6.54. The number of sulfonamides is 1. The molecule has 0 saturated carbocycles. The molecular formula is C14H23N3O3S. The molecule has 1 unspecified atom stereocenters. The molecule has 1 aromatic carbocycles. The third-order valence-electron chi connectivity index (χ3n) is 2.93. The molecule has 0 aliphatic rings. The van der Waals surface area contributed by atoms with Crippen LogP contribution in [0.2, 0.25) is 0 Å². The highest BCUT2D eigenvalue weighted by Gasteiger charge is 2.15. The summed E-state index contributed by atoms with van der Waals surface area (Å²) in [5.74, 6) is -0.129. The Morgan fingerprint density at radius 3 is 2.52 bits per heavy atom. The van der Waals surface area contributed by atoms with Gasteiger partial charge in [0.1, 0.15) is 0 Å². The molecule has 5 N–H and O–H groups in total. The zero-order valence-electron chi connectivity index (χ0n) is 12.4. The largest absolute Gasteiger partial charge is 0.348 e. The molecule has 6 nitrogen and oxygen atoms in total. The van der Waals surface area contributed by atoms with Crippen molar-refractivity contribution in [1.29, 1.82) is 0 Å². The van der Waals surface area contributed by atoms with E-state index in [4.69, 9.17) is 10.9 Å². The van der Waals surface area contributed by atoms with Crippen LogP contribution >= 0.6 is 0 Å². The van der Waals surface area contributed by atoms with Gasteiger partial charge in [-0.1, -0.05) is 26.0 Å². The Labute approximate surface area is 126 Å². The van der Waals surface area contributed by atoms with Gasteiger partial charge in [-0.15, -0.1) is 0 Å². The number of amides is 1. The number of carbonyl (C=O) groups excluding carboxylic acids is 1. The van der Waals surface area contributed by atoms with Crippen molar-refractivity contribution < 1.29 is 13.2 Å². The van der Waals surface area contributed by atoms with Crippen molar-refractivity contribution in [3.8, 4) is 0 Å². The first-order valence-corrected chi connectivity index (χ1v) is 8.53. The lowest BCUT2D eigenvalue weighted by molar-refractivity contribution is 0.0933. The van der Waals surface area contributed by atoms with Gasteiger partial charge in [0.15, 0.2) is 0 Å². The smallest absolute Gasteiger partial charge is 0.251 e. The van der Waals surface area contributed by atoms with Crippen LogP contribution in [0.5, 0.6) is 0 Å². The summed E-state index contributed by atoms with van der Waals surface area (Å²) in [5, 5.41) is 7.87. The number of rotatable bonds is 7. The highest BCUT2D eigenvalue weighted by Crippen LogP contribution is 2.09. The number of carbonyl (C=O) groups is 1. The molecule has 0 aliphatic carbocycles. The van der Waals surface area contributed by atoms with E-state index in [1.54, 1.807) is 18.2 Å².